The van der Waals surface area contributed by atoms with E-state index >= 15 is 0 Å². The molecule has 1 aromatic rings. The SMILES string of the molecule is C[C@@H]1O[C@H](COP(=O)(O)OCCCCCC(=O)NCc2cn(CCCC(=O)NCCCCC(CO)COP(=O)(O)O[C@@H]3C(O)[C@H](C)O[C@@H]3COC(C)(C)C)nn2)[C@H](OC(C)(C)C)C1O. The standard InChI is InChI=1S/C40H75N5O17P2/c1-27-35(49)37(61-40(6,7)8)32(60-27)26-58-63(51,52)56-20-13-9-10-16-34(48)42-21-30-22-45(44-43-30)19-14-17-33(47)41-18-12-11-15-29(23-46)24-57-64(53,54)62-38-31(25-55-39(3,4)5)59-28(2)36(38)50/h22,27-29,31-32,35-38,46,49-50H,9-21,23-26H2,1-8H3,(H,41,47)(H,42,48)(H,51,52)(H,53,54)/t27-,28-,29?,31+,32+,35?,36?,37-,38-/m0/s1. The third-order valence-electron chi connectivity index (χ3n) is 10.2. The molecule has 0 bridgehead atoms. The van der Waals surface area contributed by atoms with Crippen LogP contribution in [-0.2, 0) is 68.9 Å². The van der Waals surface area contributed by atoms with Crippen molar-refractivity contribution >= 4 is 27.5 Å². The summed E-state index contributed by atoms with van der Waals surface area (Å²) in [6.07, 6.45) is -0.702. The van der Waals surface area contributed by atoms with Crippen molar-refractivity contribution in [1.82, 2.24) is 25.6 Å². The van der Waals surface area contributed by atoms with Crippen LogP contribution in [0.15, 0.2) is 6.20 Å². The molecule has 2 fully saturated rings. The summed E-state index contributed by atoms with van der Waals surface area (Å²) in [4.78, 5) is 45.2. The van der Waals surface area contributed by atoms with Gasteiger partial charge in [-0.3, -0.25) is 32.4 Å². The molecule has 372 valence electrons. The Morgan fingerprint density at radius 3 is 2.11 bits per heavy atom. The molecule has 2 saturated heterocycles. The van der Waals surface area contributed by atoms with Crippen molar-refractivity contribution < 1.29 is 80.9 Å². The lowest BCUT2D eigenvalue weighted by Gasteiger charge is -2.29. The number of carbonyl (C=O) groups is 2. The molecule has 24 heteroatoms. The van der Waals surface area contributed by atoms with Crippen molar-refractivity contribution in [3.63, 3.8) is 0 Å². The lowest BCUT2D eigenvalue weighted by atomic mass is 10.0. The molecule has 3 rings (SSSR count). The van der Waals surface area contributed by atoms with Crippen LogP contribution in [0, 0.1) is 5.92 Å². The van der Waals surface area contributed by atoms with Crippen molar-refractivity contribution in [3.05, 3.63) is 11.9 Å². The topological polar surface area (TPSA) is 298 Å². The van der Waals surface area contributed by atoms with Crippen LogP contribution in [0.2, 0.25) is 0 Å². The van der Waals surface area contributed by atoms with Gasteiger partial charge in [-0.15, -0.1) is 5.10 Å². The molecular formula is C40H75N5O17P2. The van der Waals surface area contributed by atoms with Crippen LogP contribution in [0.3, 0.4) is 0 Å². The average molecular weight is 960 g/mol. The number of aliphatic hydroxyl groups is 3. The van der Waals surface area contributed by atoms with Gasteiger partial charge in [-0.25, -0.2) is 9.13 Å². The van der Waals surface area contributed by atoms with Crippen molar-refractivity contribution in [2.75, 3.05) is 39.6 Å². The first-order valence-electron chi connectivity index (χ1n) is 22.2. The van der Waals surface area contributed by atoms with Crippen LogP contribution in [0.5, 0.6) is 0 Å². The number of ether oxygens (including phenoxy) is 4. The molecule has 0 spiro atoms. The molecule has 1 aromatic heterocycles. The number of aromatic nitrogens is 3. The average Bonchev–Trinajstić information content (AvgIpc) is 3.85. The molecule has 2 aliphatic heterocycles. The molecule has 0 radical (unpaired) electrons. The number of amides is 2. The van der Waals surface area contributed by atoms with E-state index in [0.29, 0.717) is 63.7 Å². The summed E-state index contributed by atoms with van der Waals surface area (Å²) in [5.74, 6) is -0.774. The van der Waals surface area contributed by atoms with Gasteiger partial charge in [0, 0.05) is 38.5 Å². The first-order chi connectivity index (χ1) is 29.9. The summed E-state index contributed by atoms with van der Waals surface area (Å²) in [6.45, 7) is 14.6. The number of rotatable bonds is 30. The number of phosphoric acid groups is 2. The summed E-state index contributed by atoms with van der Waals surface area (Å²) in [6, 6.07) is 0. The first-order valence-corrected chi connectivity index (χ1v) is 25.2. The van der Waals surface area contributed by atoms with Crippen LogP contribution in [0.25, 0.3) is 0 Å². The fourth-order valence-electron chi connectivity index (χ4n) is 6.77. The van der Waals surface area contributed by atoms with Gasteiger partial charge in [-0.1, -0.05) is 18.1 Å². The van der Waals surface area contributed by atoms with E-state index in [-0.39, 0.29) is 64.2 Å². The molecule has 2 aliphatic rings. The number of hydrogen-bond acceptors (Lipinski definition) is 17. The molecule has 7 N–H and O–H groups in total. The summed E-state index contributed by atoms with van der Waals surface area (Å²) >= 11 is 0. The molecular weight excluding hydrogens is 884 g/mol. The fraction of sp³-hybridized carbons (Fsp3) is 0.900. The Morgan fingerprint density at radius 2 is 1.45 bits per heavy atom. The van der Waals surface area contributed by atoms with Crippen molar-refractivity contribution in [2.24, 2.45) is 5.92 Å². The Kier molecular flexibility index (Phi) is 23.4. The number of hydrogen-bond donors (Lipinski definition) is 7. The van der Waals surface area contributed by atoms with Gasteiger partial charge < -0.3 is 54.7 Å². The van der Waals surface area contributed by atoms with Crippen LogP contribution in [0.1, 0.15) is 119 Å². The second-order valence-electron chi connectivity index (χ2n) is 18.3. The highest BCUT2D eigenvalue weighted by molar-refractivity contribution is 7.47. The molecule has 2 amide bonds. The summed E-state index contributed by atoms with van der Waals surface area (Å²) in [7, 11) is -8.99. The van der Waals surface area contributed by atoms with Gasteiger partial charge in [0.25, 0.3) is 0 Å². The smallest absolute Gasteiger partial charge is 0.396 e. The number of nitrogens with zero attached hydrogens (tertiary/aromatic N) is 3. The highest BCUT2D eigenvalue weighted by Crippen LogP contribution is 2.48. The van der Waals surface area contributed by atoms with Gasteiger partial charge in [0.05, 0.1) is 62.6 Å². The van der Waals surface area contributed by atoms with Gasteiger partial charge >= 0.3 is 15.6 Å². The maximum atomic E-state index is 12.7. The van der Waals surface area contributed by atoms with E-state index in [4.69, 9.17) is 37.0 Å². The largest absolute Gasteiger partial charge is 0.472 e. The van der Waals surface area contributed by atoms with Gasteiger partial charge in [-0.2, -0.15) is 0 Å². The Balaban J connectivity index is 1.20. The number of carbonyl (C=O) groups excluding carboxylic acids is 2. The Bertz CT molecular complexity index is 1640. The molecule has 64 heavy (non-hydrogen) atoms. The predicted molar refractivity (Wildman–Crippen MR) is 230 cm³/mol. The predicted octanol–water partition coefficient (Wildman–Crippen LogP) is 3.06. The lowest BCUT2D eigenvalue weighted by Crippen LogP contribution is -2.41. The van der Waals surface area contributed by atoms with Gasteiger partial charge in [0.15, 0.2) is 0 Å². The highest BCUT2D eigenvalue weighted by Gasteiger charge is 2.47. The van der Waals surface area contributed by atoms with E-state index in [1.54, 1.807) is 24.7 Å². The minimum Gasteiger partial charge on any atom is -0.396 e. The van der Waals surface area contributed by atoms with Crippen LogP contribution in [-0.4, -0.2) is 152 Å². The third kappa shape index (κ3) is 21.8. The molecule has 22 nitrogen and oxygen atoms in total. The number of unbranched alkanes of at least 4 members (excludes halogenated alkanes) is 3. The summed E-state index contributed by atoms with van der Waals surface area (Å²) in [5, 5.41) is 44.5. The Labute approximate surface area is 376 Å². The minimum atomic E-state index is -4.61. The maximum Gasteiger partial charge on any atom is 0.472 e. The van der Waals surface area contributed by atoms with Crippen LogP contribution < -0.4 is 10.6 Å². The zero-order valence-corrected chi connectivity index (χ0v) is 40.5. The second-order valence-corrected chi connectivity index (χ2v) is 21.2. The van der Waals surface area contributed by atoms with Crippen molar-refractivity contribution in [1.29, 1.82) is 0 Å². The lowest BCUT2D eigenvalue weighted by molar-refractivity contribution is -0.122. The highest BCUT2D eigenvalue weighted by atomic mass is 31.2. The van der Waals surface area contributed by atoms with E-state index in [9.17, 15) is 43.8 Å². The minimum absolute atomic E-state index is 0.0438. The molecule has 0 aliphatic carbocycles. The number of nitrogens with one attached hydrogen (secondary N) is 2. The second kappa shape index (κ2) is 26.5. The molecule has 0 aromatic carbocycles. The van der Waals surface area contributed by atoms with Gasteiger partial charge in [0.2, 0.25) is 11.8 Å². The Morgan fingerprint density at radius 1 is 0.812 bits per heavy atom. The quantitative estimate of drug-likeness (QED) is 0.0431. The summed E-state index contributed by atoms with van der Waals surface area (Å²) in [5.41, 5.74) is -0.505. The van der Waals surface area contributed by atoms with Crippen molar-refractivity contribution in [2.45, 2.75) is 186 Å². The monoisotopic (exact) mass is 959 g/mol. The van der Waals surface area contributed by atoms with Crippen LogP contribution in [0.4, 0.5) is 0 Å². The van der Waals surface area contributed by atoms with Gasteiger partial charge in [-0.05, 0) is 87.5 Å². The van der Waals surface area contributed by atoms with E-state index in [1.165, 1.54) is 0 Å². The zero-order valence-electron chi connectivity index (χ0n) is 38.7. The van der Waals surface area contributed by atoms with E-state index < -0.39 is 81.6 Å². The van der Waals surface area contributed by atoms with E-state index in [2.05, 4.69) is 20.9 Å². The molecule has 0 saturated carbocycles. The zero-order chi connectivity index (χ0) is 47.7. The van der Waals surface area contributed by atoms with Gasteiger partial charge in [0.1, 0.15) is 42.3 Å². The first kappa shape index (κ1) is 56.3. The number of aryl methyl sites for hydroxylation is 1. The Hall–Kier alpha value is -1.98. The molecule has 3 heterocycles. The number of aliphatic hydroxyl groups excluding tert-OH is 3. The molecule has 5 unspecified atom stereocenters. The maximum absolute atomic E-state index is 12.7. The summed E-state index contributed by atoms with van der Waals surface area (Å²) < 4.78 is 70.3. The van der Waals surface area contributed by atoms with E-state index in [1.807, 2.05) is 41.5 Å². The van der Waals surface area contributed by atoms with E-state index in [0.717, 1.165) is 0 Å². The molecule has 11 atom stereocenters. The normalized spacial score (nSPS) is 26.4. The van der Waals surface area contributed by atoms with Crippen LogP contribution >= 0.6 is 15.6 Å². The van der Waals surface area contributed by atoms with Crippen molar-refractivity contribution in [3.8, 4) is 0 Å². The fourth-order valence-corrected chi connectivity index (χ4v) is 8.57. The third-order valence-corrected chi connectivity index (χ3v) is 12.2. The number of phosphoric ester groups is 2.